The van der Waals surface area contributed by atoms with Crippen molar-refractivity contribution >= 4 is 28.9 Å². The van der Waals surface area contributed by atoms with Gasteiger partial charge in [-0.1, -0.05) is 41.4 Å². The molecule has 0 aliphatic heterocycles. The van der Waals surface area contributed by atoms with E-state index in [0.717, 1.165) is 16.8 Å². The Morgan fingerprint density at radius 3 is 2.17 bits per heavy atom. The fourth-order valence-corrected chi connectivity index (χ4v) is 4.46. The van der Waals surface area contributed by atoms with Gasteiger partial charge < -0.3 is 10.4 Å². The molecule has 0 saturated heterocycles. The van der Waals surface area contributed by atoms with Crippen molar-refractivity contribution in [1.29, 1.82) is 0 Å². The van der Waals surface area contributed by atoms with E-state index in [1.807, 2.05) is 43.3 Å². The number of hydrogen-bond acceptors (Lipinski definition) is 4. The van der Waals surface area contributed by atoms with E-state index in [9.17, 15) is 14.7 Å². The quantitative estimate of drug-likeness (QED) is 0.722. The van der Waals surface area contributed by atoms with Crippen LogP contribution in [0.15, 0.2) is 59.8 Å². The van der Waals surface area contributed by atoms with Crippen LogP contribution < -0.4 is 5.32 Å². The van der Waals surface area contributed by atoms with Gasteiger partial charge in [0.05, 0.1) is 11.5 Å². The van der Waals surface area contributed by atoms with Crippen LogP contribution >= 0.6 is 11.6 Å². The summed E-state index contributed by atoms with van der Waals surface area (Å²) in [5.41, 5.74) is 2.60. The van der Waals surface area contributed by atoms with Gasteiger partial charge in [-0.25, -0.2) is 0 Å². The Morgan fingerprint density at radius 1 is 1.07 bits per heavy atom. The first kappa shape index (κ1) is 21.3. The molecule has 5 heteroatoms. The van der Waals surface area contributed by atoms with Gasteiger partial charge in [0, 0.05) is 34.3 Å². The maximum atomic E-state index is 12.8. The molecule has 0 radical (unpaired) electrons. The predicted molar refractivity (Wildman–Crippen MR) is 116 cm³/mol. The van der Waals surface area contributed by atoms with Crippen LogP contribution in [0.4, 0.5) is 5.69 Å². The van der Waals surface area contributed by atoms with Crippen LogP contribution in [0.1, 0.15) is 44.2 Å². The first-order valence-corrected chi connectivity index (χ1v) is 10.0. The minimum Gasteiger partial charge on any atom is -0.389 e. The lowest BCUT2D eigenvalue weighted by molar-refractivity contribution is -0.131. The minimum absolute atomic E-state index is 0.124. The van der Waals surface area contributed by atoms with E-state index in [1.54, 1.807) is 19.1 Å². The van der Waals surface area contributed by atoms with Crippen molar-refractivity contribution in [3.05, 3.63) is 76.0 Å². The number of benzene rings is 2. The van der Waals surface area contributed by atoms with Crippen LogP contribution in [0.2, 0.25) is 5.02 Å². The Bertz CT molecular complexity index is 959. The highest BCUT2D eigenvalue weighted by Crippen LogP contribution is 2.47. The van der Waals surface area contributed by atoms with Crippen molar-refractivity contribution in [1.82, 2.24) is 0 Å². The molecule has 152 valence electrons. The first-order valence-electron chi connectivity index (χ1n) is 9.66. The Hall–Kier alpha value is -2.43. The van der Waals surface area contributed by atoms with E-state index >= 15 is 0 Å². The minimum atomic E-state index is -1.30. The van der Waals surface area contributed by atoms with Gasteiger partial charge >= 0.3 is 0 Å². The molecule has 2 aromatic carbocycles. The molecule has 3 atom stereocenters. The molecule has 0 fully saturated rings. The van der Waals surface area contributed by atoms with Crippen LogP contribution in [0.5, 0.6) is 0 Å². The molecule has 29 heavy (non-hydrogen) atoms. The van der Waals surface area contributed by atoms with E-state index in [2.05, 4.69) is 5.32 Å². The summed E-state index contributed by atoms with van der Waals surface area (Å²) in [6, 6.07) is 14.9. The number of anilines is 1. The highest BCUT2D eigenvalue weighted by Gasteiger charge is 2.49. The summed E-state index contributed by atoms with van der Waals surface area (Å²) in [6.45, 7) is 6.64. The topological polar surface area (TPSA) is 66.4 Å². The molecule has 2 N–H and O–H groups in total. The van der Waals surface area contributed by atoms with E-state index in [0.29, 0.717) is 16.3 Å². The summed E-state index contributed by atoms with van der Waals surface area (Å²) in [6.07, 6.45) is 0.185. The summed E-state index contributed by atoms with van der Waals surface area (Å²) in [4.78, 5) is 25.4. The van der Waals surface area contributed by atoms with Gasteiger partial charge in [-0.15, -0.1) is 0 Å². The molecular formula is C24H26ClNO3. The van der Waals surface area contributed by atoms with Crippen molar-refractivity contribution in [3.8, 4) is 0 Å². The van der Waals surface area contributed by atoms with E-state index in [-0.39, 0.29) is 18.0 Å². The molecule has 0 amide bonds. The highest BCUT2D eigenvalue weighted by atomic mass is 35.5. The normalized spacial score (nSPS) is 24.3. The van der Waals surface area contributed by atoms with Crippen molar-refractivity contribution in [3.63, 3.8) is 0 Å². The molecular weight excluding hydrogens is 386 g/mol. The van der Waals surface area contributed by atoms with Gasteiger partial charge in [-0.3, -0.25) is 9.59 Å². The second-order valence-electron chi connectivity index (χ2n) is 8.09. The van der Waals surface area contributed by atoms with Gasteiger partial charge in [0.1, 0.15) is 5.78 Å². The second kappa shape index (κ2) is 8.13. The Balaban J connectivity index is 2.19. The largest absolute Gasteiger partial charge is 0.389 e. The summed E-state index contributed by atoms with van der Waals surface area (Å²) < 4.78 is 0. The van der Waals surface area contributed by atoms with Gasteiger partial charge in [0.2, 0.25) is 0 Å². The zero-order valence-corrected chi connectivity index (χ0v) is 17.9. The van der Waals surface area contributed by atoms with Crippen molar-refractivity contribution in [2.75, 3.05) is 5.32 Å². The SMILES string of the molecule is CC(=O)C1=C(Nc2ccc(C)cc2)C[C@](C)(O)[C@H](C(C)=O)[C@@H]1c1ccc(Cl)cc1. The molecule has 1 aliphatic carbocycles. The molecule has 4 nitrogen and oxygen atoms in total. The molecule has 0 heterocycles. The summed E-state index contributed by atoms with van der Waals surface area (Å²) in [5, 5.41) is 15.1. The monoisotopic (exact) mass is 411 g/mol. The Kier molecular flexibility index (Phi) is 5.97. The van der Waals surface area contributed by atoms with Crippen molar-refractivity contribution in [2.45, 2.75) is 45.6 Å². The average Bonchev–Trinajstić information content (AvgIpc) is 2.62. The molecule has 0 saturated carbocycles. The molecule has 0 bridgehead atoms. The Morgan fingerprint density at radius 2 is 1.66 bits per heavy atom. The van der Waals surface area contributed by atoms with Crippen molar-refractivity contribution < 1.29 is 14.7 Å². The zero-order chi connectivity index (χ0) is 21.3. The highest BCUT2D eigenvalue weighted by molar-refractivity contribution is 6.30. The van der Waals surface area contributed by atoms with Crippen LogP contribution in [0.25, 0.3) is 0 Å². The third-order valence-corrected chi connectivity index (χ3v) is 5.82. The number of carbonyl (C=O) groups is 2. The molecule has 2 aromatic rings. The third kappa shape index (κ3) is 4.44. The number of halogens is 1. The third-order valence-electron chi connectivity index (χ3n) is 5.57. The van der Waals surface area contributed by atoms with Crippen molar-refractivity contribution in [2.24, 2.45) is 5.92 Å². The summed E-state index contributed by atoms with van der Waals surface area (Å²) in [7, 11) is 0. The molecule has 0 aromatic heterocycles. The number of hydrogen-bond donors (Lipinski definition) is 2. The standard InChI is InChI=1S/C24H26ClNO3/c1-14-5-11-19(12-6-14)26-20-13-24(4,29)23(16(3)28)22(21(20)15(2)27)17-7-9-18(25)10-8-17/h5-12,22-23,26,29H,13H2,1-4H3/t22-,23-,24+/m1/s1. The number of rotatable bonds is 5. The number of aliphatic hydroxyl groups is 1. The van der Waals surface area contributed by atoms with E-state index in [4.69, 9.17) is 11.6 Å². The van der Waals surface area contributed by atoms with Crippen LogP contribution in [0.3, 0.4) is 0 Å². The zero-order valence-electron chi connectivity index (χ0n) is 17.1. The average molecular weight is 412 g/mol. The van der Waals surface area contributed by atoms with Gasteiger partial charge in [-0.05, 0) is 57.5 Å². The predicted octanol–water partition coefficient (Wildman–Crippen LogP) is 5.05. The first-order chi connectivity index (χ1) is 13.6. The van der Waals surface area contributed by atoms with Gasteiger partial charge in [-0.2, -0.15) is 0 Å². The van der Waals surface area contributed by atoms with Crippen LogP contribution in [-0.2, 0) is 9.59 Å². The number of aryl methyl sites for hydroxylation is 1. The lowest BCUT2D eigenvalue weighted by Crippen LogP contribution is -2.48. The molecule has 3 rings (SSSR count). The Labute approximate surface area is 176 Å². The van der Waals surface area contributed by atoms with Crippen LogP contribution in [-0.4, -0.2) is 22.3 Å². The molecule has 1 aliphatic rings. The second-order valence-corrected chi connectivity index (χ2v) is 8.53. The molecule has 0 unspecified atom stereocenters. The van der Waals surface area contributed by atoms with Gasteiger partial charge in [0.25, 0.3) is 0 Å². The smallest absolute Gasteiger partial charge is 0.158 e. The number of nitrogens with one attached hydrogen (secondary N) is 1. The lowest BCUT2D eigenvalue weighted by atomic mass is 9.64. The fraction of sp³-hybridized carbons (Fsp3) is 0.333. The maximum Gasteiger partial charge on any atom is 0.158 e. The fourth-order valence-electron chi connectivity index (χ4n) is 4.33. The number of ketones is 2. The van der Waals surface area contributed by atoms with E-state index in [1.165, 1.54) is 13.8 Å². The number of Topliss-reactive ketones (excluding diaryl/α,β-unsaturated/α-hetero) is 2. The summed E-state index contributed by atoms with van der Waals surface area (Å²) in [5.74, 6) is -1.56. The lowest BCUT2D eigenvalue weighted by Gasteiger charge is -2.43. The maximum absolute atomic E-state index is 12.8. The number of carbonyl (C=O) groups excluding carboxylic acids is 2. The van der Waals surface area contributed by atoms with Crippen LogP contribution in [0, 0.1) is 12.8 Å². The van der Waals surface area contributed by atoms with E-state index < -0.39 is 17.4 Å². The molecule has 0 spiro atoms. The number of allylic oxidation sites excluding steroid dienone is 1. The summed E-state index contributed by atoms with van der Waals surface area (Å²) >= 11 is 6.05. The van der Waals surface area contributed by atoms with Gasteiger partial charge in [0.15, 0.2) is 5.78 Å².